The number of carbonyl (C=O) groups is 2. The summed E-state index contributed by atoms with van der Waals surface area (Å²) >= 11 is 14.4. The van der Waals surface area contributed by atoms with E-state index in [4.69, 9.17) is 38.0 Å². The highest BCUT2D eigenvalue weighted by Crippen LogP contribution is 2.46. The molecule has 1 atom stereocenters. The van der Waals surface area contributed by atoms with E-state index in [2.05, 4.69) is 10.0 Å². The molecule has 4 rings (SSSR count). The molecule has 2 fully saturated rings. The molecule has 0 aliphatic heterocycles. The van der Waals surface area contributed by atoms with E-state index in [0.717, 1.165) is 43.4 Å². The van der Waals surface area contributed by atoms with Crippen LogP contribution in [0.5, 0.6) is 0 Å². The molecule has 2 aliphatic rings. The van der Waals surface area contributed by atoms with E-state index < -0.39 is 39.5 Å². The fraction of sp³-hybridized carbons (Fsp3) is 0.593. The number of hydrogen-bond donors (Lipinski definition) is 3. The van der Waals surface area contributed by atoms with Gasteiger partial charge < -0.3 is 15.2 Å². The van der Waals surface area contributed by atoms with E-state index in [0.29, 0.717) is 29.0 Å². The van der Waals surface area contributed by atoms with Crippen LogP contribution in [-0.2, 0) is 19.6 Å². The molecular formula is C27H35Cl2N3O6S2. The highest BCUT2D eigenvalue weighted by atomic mass is 35.5. The van der Waals surface area contributed by atoms with Crippen LogP contribution in [0.3, 0.4) is 0 Å². The van der Waals surface area contributed by atoms with Gasteiger partial charge in [-0.1, -0.05) is 48.5 Å². The number of carbonyl (C=O) groups excluding carboxylic acids is 1. The summed E-state index contributed by atoms with van der Waals surface area (Å²) in [5.41, 5.74) is 0.292. The summed E-state index contributed by atoms with van der Waals surface area (Å²) in [5, 5.41) is 12.1. The number of benzene rings is 1. The molecule has 0 saturated heterocycles. The second-order valence-electron chi connectivity index (χ2n) is 11.6. The number of halogens is 2. The maximum absolute atomic E-state index is 13.2. The van der Waals surface area contributed by atoms with Crippen molar-refractivity contribution >= 4 is 56.4 Å². The number of aliphatic carboxylic acids is 1. The van der Waals surface area contributed by atoms with Crippen molar-refractivity contribution in [1.29, 1.82) is 0 Å². The smallest absolute Gasteiger partial charge is 0.306 e. The summed E-state index contributed by atoms with van der Waals surface area (Å²) in [6, 6.07) is 2.75. The zero-order valence-corrected chi connectivity index (χ0v) is 26.1. The molecule has 3 N–H and O–H groups in total. The number of methoxy groups -OCH3 is 1. The van der Waals surface area contributed by atoms with Crippen LogP contribution < -0.4 is 10.0 Å². The predicted octanol–water partition coefficient (Wildman–Crippen LogP) is 6.05. The SMILES string of the molecule is COC(c1nc(C(=O)N[C@H]2C[C@H](C(=O)O)C2)sc1-c1ccc(S(=O)(=O)NC(C)(C)C)c(Cl)c1Cl)C1CCCCC1. The van der Waals surface area contributed by atoms with Crippen molar-refractivity contribution in [2.24, 2.45) is 11.8 Å². The lowest BCUT2D eigenvalue weighted by molar-refractivity contribution is -0.145. The summed E-state index contributed by atoms with van der Waals surface area (Å²) in [7, 11) is -2.34. The molecule has 1 aromatic carbocycles. The minimum Gasteiger partial charge on any atom is -0.481 e. The van der Waals surface area contributed by atoms with E-state index in [1.807, 2.05) is 0 Å². The fourth-order valence-corrected chi connectivity index (χ4v) is 8.71. The summed E-state index contributed by atoms with van der Waals surface area (Å²) in [4.78, 5) is 29.5. The van der Waals surface area contributed by atoms with Crippen LogP contribution in [0.15, 0.2) is 17.0 Å². The van der Waals surface area contributed by atoms with Crippen LogP contribution >= 0.6 is 34.5 Å². The first-order valence-electron chi connectivity index (χ1n) is 13.3. The van der Waals surface area contributed by atoms with Gasteiger partial charge in [-0.2, -0.15) is 0 Å². The van der Waals surface area contributed by atoms with Crippen LogP contribution in [0.4, 0.5) is 0 Å². The Kier molecular flexibility index (Phi) is 9.53. The minimum atomic E-state index is -3.96. The highest BCUT2D eigenvalue weighted by molar-refractivity contribution is 7.89. The molecule has 1 aromatic heterocycles. The monoisotopic (exact) mass is 631 g/mol. The maximum atomic E-state index is 13.2. The number of nitrogens with one attached hydrogen (secondary N) is 2. The Labute approximate surface area is 249 Å². The Hall–Kier alpha value is -1.76. The molecule has 40 heavy (non-hydrogen) atoms. The van der Waals surface area contributed by atoms with Crippen LogP contribution in [0.2, 0.25) is 10.0 Å². The zero-order valence-electron chi connectivity index (χ0n) is 22.9. The lowest BCUT2D eigenvalue weighted by atomic mass is 9.80. The molecular weight excluding hydrogens is 597 g/mol. The number of rotatable bonds is 9. The van der Waals surface area contributed by atoms with Gasteiger partial charge in [0.25, 0.3) is 5.91 Å². The number of ether oxygens (including phenoxy) is 1. The molecule has 9 nitrogen and oxygen atoms in total. The van der Waals surface area contributed by atoms with Gasteiger partial charge in [0.2, 0.25) is 10.0 Å². The molecule has 0 bridgehead atoms. The van der Waals surface area contributed by atoms with E-state index in [1.54, 1.807) is 33.9 Å². The third-order valence-electron chi connectivity index (χ3n) is 7.29. The largest absolute Gasteiger partial charge is 0.481 e. The molecule has 1 amide bonds. The summed E-state index contributed by atoms with van der Waals surface area (Å²) in [6.45, 7) is 5.19. The van der Waals surface area contributed by atoms with Crippen LogP contribution in [0.25, 0.3) is 10.4 Å². The van der Waals surface area contributed by atoms with Gasteiger partial charge in [-0.3, -0.25) is 9.59 Å². The quantitative estimate of drug-likeness (QED) is 0.306. The number of carboxylic acid groups (broad SMARTS) is 1. The topological polar surface area (TPSA) is 135 Å². The summed E-state index contributed by atoms with van der Waals surface area (Å²) in [5.74, 6) is -1.53. The Morgan fingerprint density at radius 2 is 1.77 bits per heavy atom. The Morgan fingerprint density at radius 1 is 1.12 bits per heavy atom. The van der Waals surface area contributed by atoms with Gasteiger partial charge >= 0.3 is 5.97 Å². The van der Waals surface area contributed by atoms with E-state index in [9.17, 15) is 18.0 Å². The zero-order chi connectivity index (χ0) is 29.4. The molecule has 0 radical (unpaired) electrons. The van der Waals surface area contributed by atoms with Crippen LogP contribution in [0.1, 0.15) is 87.3 Å². The number of carboxylic acids is 1. The number of nitrogens with zero attached hydrogens (tertiary/aromatic N) is 1. The van der Waals surface area contributed by atoms with Gasteiger partial charge in [-0.25, -0.2) is 18.1 Å². The second kappa shape index (κ2) is 12.2. The van der Waals surface area contributed by atoms with Gasteiger partial charge in [0, 0.05) is 24.3 Å². The Morgan fingerprint density at radius 3 is 2.35 bits per heavy atom. The van der Waals surface area contributed by atoms with Crippen LogP contribution in [-0.4, -0.2) is 49.1 Å². The molecule has 2 aliphatic carbocycles. The number of sulfonamides is 1. The van der Waals surface area contributed by atoms with Crippen LogP contribution in [0, 0.1) is 11.8 Å². The molecule has 1 heterocycles. The number of aromatic nitrogens is 1. The summed E-state index contributed by atoms with van der Waals surface area (Å²) < 4.78 is 34.6. The third-order valence-corrected chi connectivity index (χ3v) is 11.2. The van der Waals surface area contributed by atoms with Crippen molar-refractivity contribution in [1.82, 2.24) is 15.0 Å². The van der Waals surface area contributed by atoms with E-state index in [-0.39, 0.29) is 31.9 Å². The average Bonchev–Trinajstić information content (AvgIpc) is 3.27. The second-order valence-corrected chi connectivity index (χ2v) is 15.0. The minimum absolute atomic E-state index is 0.0390. The maximum Gasteiger partial charge on any atom is 0.306 e. The predicted molar refractivity (Wildman–Crippen MR) is 156 cm³/mol. The van der Waals surface area contributed by atoms with Crippen molar-refractivity contribution in [3.8, 4) is 10.4 Å². The Balaban J connectivity index is 1.73. The van der Waals surface area contributed by atoms with Gasteiger partial charge in [-0.15, -0.1) is 11.3 Å². The number of amides is 1. The molecule has 2 saturated carbocycles. The number of hydrogen-bond acceptors (Lipinski definition) is 7. The lowest BCUT2D eigenvalue weighted by Gasteiger charge is -2.32. The third kappa shape index (κ3) is 6.82. The number of thiazole rings is 1. The summed E-state index contributed by atoms with van der Waals surface area (Å²) in [6.07, 6.45) is 5.56. The van der Waals surface area contributed by atoms with Crippen molar-refractivity contribution in [3.05, 3.63) is 32.9 Å². The fourth-order valence-electron chi connectivity index (χ4n) is 5.34. The molecule has 220 valence electrons. The molecule has 2 aromatic rings. The highest BCUT2D eigenvalue weighted by Gasteiger charge is 2.37. The first-order valence-corrected chi connectivity index (χ1v) is 16.4. The molecule has 13 heteroatoms. The van der Waals surface area contributed by atoms with E-state index >= 15 is 0 Å². The Bertz CT molecular complexity index is 1380. The van der Waals surface area contributed by atoms with Crippen molar-refractivity contribution in [2.75, 3.05) is 7.11 Å². The van der Waals surface area contributed by atoms with Gasteiger partial charge in [0.05, 0.1) is 26.5 Å². The van der Waals surface area contributed by atoms with Crippen molar-refractivity contribution < 1.29 is 27.9 Å². The average molecular weight is 633 g/mol. The molecule has 1 unspecified atom stereocenters. The first kappa shape index (κ1) is 31.2. The van der Waals surface area contributed by atoms with Crippen molar-refractivity contribution in [2.45, 2.75) is 88.3 Å². The van der Waals surface area contributed by atoms with Crippen molar-refractivity contribution in [3.63, 3.8) is 0 Å². The standard InChI is InChI=1S/C27H35Cl2N3O6S2/c1-27(2,3)32-40(36,37)18-11-10-17(19(28)20(18)29)23-21(22(38-4)14-8-6-5-7-9-14)31-25(39-23)24(33)30-16-12-15(13-16)26(34)35/h10-11,14-16,22,32H,5-9,12-13H2,1-4H3,(H,30,33)(H,34,35)/t15-,16-,22?. The van der Waals surface area contributed by atoms with Gasteiger partial charge in [0.15, 0.2) is 5.01 Å². The molecule has 0 spiro atoms. The van der Waals surface area contributed by atoms with Gasteiger partial charge in [-0.05, 0) is 58.4 Å². The normalized spacial score (nSPS) is 21.1. The lowest BCUT2D eigenvalue weighted by Crippen LogP contribution is -2.46. The van der Waals surface area contributed by atoms with E-state index in [1.165, 1.54) is 6.07 Å². The first-order chi connectivity index (χ1) is 18.7. The van der Waals surface area contributed by atoms with Gasteiger partial charge in [0.1, 0.15) is 11.0 Å².